The van der Waals surface area contributed by atoms with Crippen molar-refractivity contribution in [1.29, 1.82) is 0 Å². The summed E-state index contributed by atoms with van der Waals surface area (Å²) in [6.45, 7) is 3.86. The first kappa shape index (κ1) is 32.5. The number of esters is 1. The van der Waals surface area contributed by atoms with Gasteiger partial charge in [0.05, 0.1) is 18.7 Å². The Balaban J connectivity index is 1.16. The predicted octanol–water partition coefficient (Wildman–Crippen LogP) is 7.45. The van der Waals surface area contributed by atoms with E-state index in [1.807, 2.05) is 42.5 Å². The number of rotatable bonds is 8. The Morgan fingerprint density at radius 3 is 2.17 bits per heavy atom. The van der Waals surface area contributed by atoms with Crippen molar-refractivity contribution in [3.63, 3.8) is 0 Å². The number of hydrogen-bond acceptors (Lipinski definition) is 7. The number of carbonyl (C=O) groups is 2. The van der Waals surface area contributed by atoms with Crippen LogP contribution in [0.15, 0.2) is 97.1 Å². The number of para-hydroxylation sites is 1. The van der Waals surface area contributed by atoms with E-state index in [-0.39, 0.29) is 12.1 Å². The minimum atomic E-state index is -0.429. The van der Waals surface area contributed by atoms with Crippen LogP contribution >= 0.6 is 23.2 Å². The second kappa shape index (κ2) is 15.0. The standard InChI is InChI=1S/C36H36Cl2N4O5/c1-45-30-12-10-29(11-13-30)40-16-18-41(19-17-40)33-24-42(36(44)39-28-22-26(37)21-27(38)23-28)15-14-34(33)47-35(43)25-6-5-9-32(20-25)46-31-7-3-2-4-8-31/h2-13,20-23,33-34H,14-19,24H2,1H3,(H,39,44)/t33-,34-/m1/s1. The molecule has 244 valence electrons. The summed E-state index contributed by atoms with van der Waals surface area (Å²) < 4.78 is 17.5. The molecule has 4 aromatic rings. The van der Waals surface area contributed by atoms with Crippen molar-refractivity contribution >= 4 is 46.6 Å². The fraction of sp³-hybridized carbons (Fsp3) is 0.278. The van der Waals surface area contributed by atoms with Gasteiger partial charge in [-0.1, -0.05) is 47.5 Å². The van der Waals surface area contributed by atoms with Gasteiger partial charge >= 0.3 is 12.0 Å². The van der Waals surface area contributed by atoms with Gasteiger partial charge in [-0.25, -0.2) is 9.59 Å². The van der Waals surface area contributed by atoms with Crippen molar-refractivity contribution in [3.8, 4) is 17.2 Å². The summed E-state index contributed by atoms with van der Waals surface area (Å²) in [7, 11) is 1.66. The van der Waals surface area contributed by atoms with Gasteiger partial charge in [0.25, 0.3) is 0 Å². The van der Waals surface area contributed by atoms with E-state index in [0.717, 1.165) is 37.6 Å². The molecule has 1 N–H and O–H groups in total. The number of likely N-dealkylation sites (tertiary alicyclic amines) is 1. The van der Waals surface area contributed by atoms with Crippen molar-refractivity contribution in [2.45, 2.75) is 18.6 Å². The molecule has 2 atom stereocenters. The molecule has 0 bridgehead atoms. The highest BCUT2D eigenvalue weighted by Gasteiger charge is 2.39. The molecular formula is C36H36Cl2N4O5. The summed E-state index contributed by atoms with van der Waals surface area (Å²) in [5, 5.41) is 3.79. The molecule has 2 saturated heterocycles. The monoisotopic (exact) mass is 674 g/mol. The highest BCUT2D eigenvalue weighted by Crippen LogP contribution is 2.28. The van der Waals surface area contributed by atoms with Gasteiger partial charge < -0.3 is 29.3 Å². The Bertz CT molecular complexity index is 1660. The highest BCUT2D eigenvalue weighted by atomic mass is 35.5. The van der Waals surface area contributed by atoms with E-state index in [2.05, 4.69) is 27.2 Å². The zero-order chi connectivity index (χ0) is 32.8. The minimum absolute atomic E-state index is 0.205. The summed E-state index contributed by atoms with van der Waals surface area (Å²) in [6.07, 6.45) is 0.0670. The number of nitrogens with one attached hydrogen (secondary N) is 1. The van der Waals surface area contributed by atoms with E-state index >= 15 is 0 Å². The van der Waals surface area contributed by atoms with Crippen LogP contribution in [0.3, 0.4) is 0 Å². The maximum atomic E-state index is 13.5. The molecule has 0 aromatic heterocycles. The number of methoxy groups -OCH3 is 1. The molecule has 2 aliphatic rings. The number of amides is 2. The molecule has 6 rings (SSSR count). The molecule has 4 aromatic carbocycles. The Morgan fingerprint density at radius 1 is 0.766 bits per heavy atom. The van der Waals surface area contributed by atoms with Gasteiger partial charge in [-0.3, -0.25) is 4.90 Å². The molecule has 0 saturated carbocycles. The average molecular weight is 676 g/mol. The second-order valence-corrected chi connectivity index (χ2v) is 12.4. The van der Waals surface area contributed by atoms with Gasteiger partial charge in [-0.2, -0.15) is 0 Å². The molecule has 2 aliphatic heterocycles. The molecule has 9 nitrogen and oxygen atoms in total. The molecule has 2 heterocycles. The number of nitrogens with zero attached hydrogens (tertiary/aromatic N) is 3. The Morgan fingerprint density at radius 2 is 1.47 bits per heavy atom. The molecule has 0 radical (unpaired) electrons. The van der Waals surface area contributed by atoms with E-state index in [0.29, 0.717) is 52.3 Å². The van der Waals surface area contributed by atoms with Crippen LogP contribution in [0.25, 0.3) is 0 Å². The summed E-state index contributed by atoms with van der Waals surface area (Å²) >= 11 is 12.3. The van der Waals surface area contributed by atoms with Crippen molar-refractivity contribution in [1.82, 2.24) is 9.80 Å². The van der Waals surface area contributed by atoms with E-state index in [1.165, 1.54) is 0 Å². The van der Waals surface area contributed by atoms with Crippen LogP contribution in [-0.4, -0.2) is 80.3 Å². The Hall–Kier alpha value is -4.44. The molecule has 2 fully saturated rings. The van der Waals surface area contributed by atoms with Gasteiger partial charge in [0.1, 0.15) is 23.4 Å². The summed E-state index contributed by atoms with van der Waals surface area (Å²) in [6, 6.07) is 28.9. The number of piperazine rings is 1. The number of ether oxygens (including phenoxy) is 3. The number of piperidine rings is 1. The zero-order valence-corrected chi connectivity index (χ0v) is 27.5. The van der Waals surface area contributed by atoms with Crippen LogP contribution in [0, 0.1) is 0 Å². The molecule has 0 spiro atoms. The lowest BCUT2D eigenvalue weighted by Crippen LogP contribution is -2.61. The summed E-state index contributed by atoms with van der Waals surface area (Å²) in [5.74, 6) is 1.61. The van der Waals surface area contributed by atoms with Crippen molar-refractivity contribution in [2.24, 2.45) is 0 Å². The first-order valence-corrected chi connectivity index (χ1v) is 16.3. The molecule has 2 amide bonds. The first-order chi connectivity index (χ1) is 22.8. The SMILES string of the molecule is COc1ccc(N2CCN([C@@H]3CN(C(=O)Nc4cc(Cl)cc(Cl)c4)CC[C@H]3OC(=O)c3cccc(Oc4ccccc4)c3)CC2)cc1. The zero-order valence-electron chi connectivity index (χ0n) is 26.0. The molecule has 47 heavy (non-hydrogen) atoms. The summed E-state index contributed by atoms with van der Waals surface area (Å²) in [4.78, 5) is 33.3. The van der Waals surface area contributed by atoms with Crippen molar-refractivity contribution in [3.05, 3.63) is 113 Å². The van der Waals surface area contributed by atoms with E-state index in [1.54, 1.807) is 54.5 Å². The normalized spacial score (nSPS) is 18.4. The van der Waals surface area contributed by atoms with Gasteiger partial charge in [0.2, 0.25) is 0 Å². The fourth-order valence-corrected chi connectivity index (χ4v) is 6.56. The van der Waals surface area contributed by atoms with Gasteiger partial charge in [0.15, 0.2) is 0 Å². The fourth-order valence-electron chi connectivity index (χ4n) is 6.03. The first-order valence-electron chi connectivity index (χ1n) is 15.5. The third-order valence-corrected chi connectivity index (χ3v) is 8.89. The largest absolute Gasteiger partial charge is 0.497 e. The van der Waals surface area contributed by atoms with Gasteiger partial charge in [-0.05, 0) is 72.8 Å². The number of anilines is 2. The Kier molecular flexibility index (Phi) is 10.4. The number of urea groups is 1. The van der Waals surface area contributed by atoms with Crippen LogP contribution in [0.5, 0.6) is 17.2 Å². The van der Waals surface area contributed by atoms with Crippen LogP contribution in [-0.2, 0) is 4.74 Å². The highest BCUT2D eigenvalue weighted by molar-refractivity contribution is 6.35. The third-order valence-electron chi connectivity index (χ3n) is 8.45. The lowest BCUT2D eigenvalue weighted by molar-refractivity contribution is -0.0290. The number of carbonyl (C=O) groups excluding carboxylic acids is 2. The maximum absolute atomic E-state index is 13.5. The van der Waals surface area contributed by atoms with Crippen LogP contribution in [0.4, 0.5) is 16.2 Å². The van der Waals surface area contributed by atoms with Crippen LogP contribution < -0.4 is 19.7 Å². The van der Waals surface area contributed by atoms with E-state index in [4.69, 9.17) is 37.4 Å². The van der Waals surface area contributed by atoms with E-state index < -0.39 is 12.1 Å². The lowest BCUT2D eigenvalue weighted by Gasteiger charge is -2.46. The smallest absolute Gasteiger partial charge is 0.338 e. The predicted molar refractivity (Wildman–Crippen MR) is 184 cm³/mol. The number of benzene rings is 4. The van der Waals surface area contributed by atoms with Gasteiger partial charge in [0, 0.05) is 67.1 Å². The maximum Gasteiger partial charge on any atom is 0.338 e. The topological polar surface area (TPSA) is 83.6 Å². The van der Waals surface area contributed by atoms with Crippen LogP contribution in [0.1, 0.15) is 16.8 Å². The summed E-state index contributed by atoms with van der Waals surface area (Å²) in [5.41, 5.74) is 2.04. The van der Waals surface area contributed by atoms with Crippen molar-refractivity contribution < 1.29 is 23.8 Å². The lowest BCUT2D eigenvalue weighted by atomic mass is 9.99. The third kappa shape index (κ3) is 8.29. The average Bonchev–Trinajstić information content (AvgIpc) is 3.08. The molecule has 0 unspecified atom stereocenters. The second-order valence-electron chi connectivity index (χ2n) is 11.5. The van der Waals surface area contributed by atoms with Crippen molar-refractivity contribution in [2.75, 3.05) is 56.6 Å². The Labute approximate surface area is 284 Å². The molecular weight excluding hydrogens is 639 g/mol. The van der Waals surface area contributed by atoms with Crippen LogP contribution in [0.2, 0.25) is 10.0 Å². The van der Waals surface area contributed by atoms with E-state index in [9.17, 15) is 9.59 Å². The molecule has 0 aliphatic carbocycles. The van der Waals surface area contributed by atoms with Gasteiger partial charge in [-0.15, -0.1) is 0 Å². The number of hydrogen-bond donors (Lipinski definition) is 1. The number of halogens is 2. The quantitative estimate of drug-likeness (QED) is 0.194. The molecule has 11 heteroatoms. The minimum Gasteiger partial charge on any atom is -0.497 e.